The van der Waals surface area contributed by atoms with Gasteiger partial charge in [-0.15, -0.1) is 0 Å². The summed E-state index contributed by atoms with van der Waals surface area (Å²) in [7, 11) is 0. The molecule has 1 aromatic rings. The molecule has 0 bridgehead atoms. The number of hydrogen-bond acceptors (Lipinski definition) is 3. The molecule has 0 aliphatic rings. The summed E-state index contributed by atoms with van der Waals surface area (Å²) in [5.74, 6) is -0.992. The average molecular weight is 267 g/mol. The summed E-state index contributed by atoms with van der Waals surface area (Å²) in [5.41, 5.74) is 0.0193. The van der Waals surface area contributed by atoms with Crippen molar-refractivity contribution in [2.75, 3.05) is 6.54 Å². The highest BCUT2D eigenvalue weighted by molar-refractivity contribution is 5.84. The number of nitrogens with zero attached hydrogens (tertiary/aromatic N) is 2. The number of aromatic nitrogens is 2. The molecule has 0 spiro atoms. The Morgan fingerprint density at radius 3 is 2.79 bits per heavy atom. The zero-order valence-electron chi connectivity index (χ0n) is 11.3. The Hall–Kier alpha value is -1.85. The number of amides is 1. The van der Waals surface area contributed by atoms with Crippen molar-refractivity contribution in [3.05, 3.63) is 18.2 Å². The van der Waals surface area contributed by atoms with Gasteiger partial charge in [0, 0.05) is 25.7 Å². The van der Waals surface area contributed by atoms with Crippen LogP contribution in [-0.2, 0) is 11.3 Å². The normalized spacial score (nSPS) is 10.4. The number of unbranched alkanes of at least 4 members (excludes halogenated alkanes) is 3. The second-order valence-electron chi connectivity index (χ2n) is 4.46. The van der Waals surface area contributed by atoms with E-state index in [-0.39, 0.29) is 11.6 Å². The van der Waals surface area contributed by atoms with Crippen LogP contribution in [0.3, 0.4) is 0 Å². The van der Waals surface area contributed by atoms with Crippen LogP contribution in [0.15, 0.2) is 12.5 Å². The maximum Gasteiger partial charge on any atom is 0.356 e. The molecular formula is C13H21N3O3. The van der Waals surface area contributed by atoms with Crippen LogP contribution in [0.1, 0.15) is 49.5 Å². The summed E-state index contributed by atoms with van der Waals surface area (Å²) >= 11 is 0. The molecule has 0 atom stereocenters. The van der Waals surface area contributed by atoms with Gasteiger partial charge in [-0.3, -0.25) is 4.79 Å². The lowest BCUT2D eigenvalue weighted by molar-refractivity contribution is -0.121. The Balaban J connectivity index is 2.15. The van der Waals surface area contributed by atoms with Crippen molar-refractivity contribution >= 4 is 11.9 Å². The monoisotopic (exact) mass is 267 g/mol. The first kappa shape index (κ1) is 15.2. The molecular weight excluding hydrogens is 246 g/mol. The summed E-state index contributed by atoms with van der Waals surface area (Å²) < 4.78 is 1.65. The van der Waals surface area contributed by atoms with Crippen molar-refractivity contribution in [2.45, 2.75) is 45.6 Å². The third-order valence-electron chi connectivity index (χ3n) is 2.80. The van der Waals surface area contributed by atoms with Gasteiger partial charge in [-0.25, -0.2) is 9.78 Å². The van der Waals surface area contributed by atoms with E-state index in [1.54, 1.807) is 4.57 Å². The highest BCUT2D eigenvalue weighted by Crippen LogP contribution is 2.02. The number of carboxylic acids is 1. The molecule has 6 nitrogen and oxygen atoms in total. The number of hydrogen-bond donors (Lipinski definition) is 2. The van der Waals surface area contributed by atoms with Gasteiger partial charge in [-0.1, -0.05) is 26.2 Å². The third-order valence-corrected chi connectivity index (χ3v) is 2.80. The standard InChI is InChI=1S/C13H21N3O3/c1-2-3-4-5-6-12(17)14-7-8-16-9-11(13(18)19)15-10-16/h9-10H,2-8H2,1H3,(H,14,17)(H,18,19). The predicted octanol–water partition coefficient (Wildman–Crippen LogP) is 1.67. The highest BCUT2D eigenvalue weighted by Gasteiger charge is 2.06. The lowest BCUT2D eigenvalue weighted by atomic mass is 10.1. The lowest BCUT2D eigenvalue weighted by Gasteiger charge is -2.05. The quantitative estimate of drug-likeness (QED) is 0.666. The molecule has 1 aromatic heterocycles. The molecule has 106 valence electrons. The van der Waals surface area contributed by atoms with Crippen molar-refractivity contribution in [2.24, 2.45) is 0 Å². The van der Waals surface area contributed by atoms with Crippen LogP contribution in [0.25, 0.3) is 0 Å². The van der Waals surface area contributed by atoms with Crippen LogP contribution in [0.2, 0.25) is 0 Å². The summed E-state index contributed by atoms with van der Waals surface area (Å²) in [6.45, 7) is 3.15. The fraction of sp³-hybridized carbons (Fsp3) is 0.615. The molecule has 0 fully saturated rings. The third kappa shape index (κ3) is 6.03. The molecule has 0 saturated heterocycles. The molecule has 0 aliphatic heterocycles. The average Bonchev–Trinajstić information content (AvgIpc) is 2.84. The van der Waals surface area contributed by atoms with Crippen LogP contribution in [-0.4, -0.2) is 33.1 Å². The van der Waals surface area contributed by atoms with E-state index in [0.29, 0.717) is 19.5 Å². The van der Waals surface area contributed by atoms with E-state index in [9.17, 15) is 9.59 Å². The zero-order valence-corrected chi connectivity index (χ0v) is 11.3. The fourth-order valence-corrected chi connectivity index (χ4v) is 1.72. The Morgan fingerprint density at radius 2 is 2.16 bits per heavy atom. The molecule has 1 rings (SSSR count). The van der Waals surface area contributed by atoms with Gasteiger partial charge in [0.25, 0.3) is 0 Å². The molecule has 6 heteroatoms. The van der Waals surface area contributed by atoms with Gasteiger partial charge in [0.2, 0.25) is 5.91 Å². The second kappa shape index (κ2) is 8.29. The van der Waals surface area contributed by atoms with Crippen molar-refractivity contribution in [1.82, 2.24) is 14.9 Å². The Kier molecular flexibility index (Phi) is 6.63. The molecule has 0 saturated carbocycles. The molecule has 2 N–H and O–H groups in total. The minimum Gasteiger partial charge on any atom is -0.476 e. The first-order valence-corrected chi connectivity index (χ1v) is 6.65. The molecule has 19 heavy (non-hydrogen) atoms. The van der Waals surface area contributed by atoms with Crippen molar-refractivity contribution in [3.63, 3.8) is 0 Å². The van der Waals surface area contributed by atoms with E-state index in [1.165, 1.54) is 18.9 Å². The Bertz CT molecular complexity index is 415. The lowest BCUT2D eigenvalue weighted by Crippen LogP contribution is -2.26. The van der Waals surface area contributed by atoms with Crippen LogP contribution in [0, 0.1) is 0 Å². The van der Waals surface area contributed by atoms with Gasteiger partial charge in [0.05, 0.1) is 6.33 Å². The summed E-state index contributed by atoms with van der Waals surface area (Å²) in [4.78, 5) is 25.8. The summed E-state index contributed by atoms with van der Waals surface area (Å²) in [5, 5.41) is 11.5. The second-order valence-corrected chi connectivity index (χ2v) is 4.46. The Morgan fingerprint density at radius 1 is 1.37 bits per heavy atom. The van der Waals surface area contributed by atoms with Gasteiger partial charge >= 0.3 is 5.97 Å². The fourth-order valence-electron chi connectivity index (χ4n) is 1.72. The van der Waals surface area contributed by atoms with Gasteiger partial charge in [-0.05, 0) is 6.42 Å². The van der Waals surface area contributed by atoms with Crippen LogP contribution in [0.4, 0.5) is 0 Å². The molecule has 0 radical (unpaired) electrons. The summed E-state index contributed by atoms with van der Waals surface area (Å²) in [6, 6.07) is 0. The van der Waals surface area contributed by atoms with Gasteiger partial charge in [0.1, 0.15) is 0 Å². The van der Waals surface area contributed by atoms with Gasteiger partial charge in [0.15, 0.2) is 5.69 Å². The first-order valence-electron chi connectivity index (χ1n) is 6.65. The number of imidazole rings is 1. The van der Waals surface area contributed by atoms with Crippen LogP contribution < -0.4 is 5.32 Å². The SMILES string of the molecule is CCCCCCC(=O)NCCn1cnc(C(=O)O)c1. The van der Waals surface area contributed by atoms with E-state index in [0.717, 1.165) is 19.3 Å². The van der Waals surface area contributed by atoms with E-state index in [4.69, 9.17) is 5.11 Å². The smallest absolute Gasteiger partial charge is 0.356 e. The van der Waals surface area contributed by atoms with E-state index < -0.39 is 5.97 Å². The first-order chi connectivity index (χ1) is 9.13. The van der Waals surface area contributed by atoms with Gasteiger partial charge in [-0.2, -0.15) is 0 Å². The maximum atomic E-state index is 11.5. The van der Waals surface area contributed by atoms with E-state index in [1.807, 2.05) is 0 Å². The highest BCUT2D eigenvalue weighted by atomic mass is 16.4. The maximum absolute atomic E-state index is 11.5. The minimum atomic E-state index is -1.04. The number of carboxylic acid groups (broad SMARTS) is 1. The minimum absolute atomic E-state index is 0.0193. The van der Waals surface area contributed by atoms with Gasteiger partial charge < -0.3 is 15.0 Å². The molecule has 1 amide bonds. The molecule has 0 unspecified atom stereocenters. The van der Waals surface area contributed by atoms with Crippen LogP contribution >= 0.6 is 0 Å². The topological polar surface area (TPSA) is 84.2 Å². The zero-order chi connectivity index (χ0) is 14.1. The number of aromatic carboxylic acids is 1. The number of rotatable bonds is 9. The molecule has 1 heterocycles. The van der Waals surface area contributed by atoms with Crippen molar-refractivity contribution in [3.8, 4) is 0 Å². The molecule has 0 aliphatic carbocycles. The number of nitrogens with one attached hydrogen (secondary N) is 1. The molecule has 0 aromatic carbocycles. The Labute approximate surface area is 112 Å². The van der Waals surface area contributed by atoms with Crippen LogP contribution in [0.5, 0.6) is 0 Å². The summed E-state index contributed by atoms with van der Waals surface area (Å²) in [6.07, 6.45) is 7.81. The number of carbonyl (C=O) groups is 2. The van der Waals surface area contributed by atoms with E-state index >= 15 is 0 Å². The predicted molar refractivity (Wildman–Crippen MR) is 71.0 cm³/mol. The van der Waals surface area contributed by atoms with Crippen molar-refractivity contribution in [1.29, 1.82) is 0 Å². The van der Waals surface area contributed by atoms with Crippen molar-refractivity contribution < 1.29 is 14.7 Å². The van der Waals surface area contributed by atoms with E-state index in [2.05, 4.69) is 17.2 Å². The number of carbonyl (C=O) groups excluding carboxylic acids is 1. The largest absolute Gasteiger partial charge is 0.476 e.